The number of hydrogen-bond acceptors (Lipinski definition) is 6. The maximum absolute atomic E-state index is 12.9. The predicted octanol–water partition coefficient (Wildman–Crippen LogP) is 2.02. The number of benzene rings is 2. The average Bonchev–Trinajstić information content (AvgIpc) is 3.14. The molecule has 0 saturated carbocycles. The van der Waals surface area contributed by atoms with Crippen molar-refractivity contribution in [2.45, 2.75) is 13.5 Å². The van der Waals surface area contributed by atoms with Crippen LogP contribution in [0, 0.1) is 0 Å². The first-order valence-corrected chi connectivity index (χ1v) is 9.67. The Balaban J connectivity index is 1.87. The van der Waals surface area contributed by atoms with Crippen molar-refractivity contribution in [1.82, 2.24) is 18.7 Å². The van der Waals surface area contributed by atoms with Crippen LogP contribution in [0.1, 0.15) is 18.1 Å². The van der Waals surface area contributed by atoms with Gasteiger partial charge in [0.05, 0.1) is 12.3 Å². The van der Waals surface area contributed by atoms with Gasteiger partial charge in [-0.3, -0.25) is 18.5 Å². The minimum Gasteiger partial charge on any atom is -0.507 e. The molecule has 0 saturated heterocycles. The van der Waals surface area contributed by atoms with Gasteiger partial charge >= 0.3 is 5.69 Å². The first-order chi connectivity index (χ1) is 14.9. The topological polar surface area (TPSA) is 106 Å². The quantitative estimate of drug-likeness (QED) is 0.381. The molecular weight excluding hydrogens is 396 g/mol. The molecule has 4 rings (SSSR count). The highest BCUT2D eigenvalue weighted by molar-refractivity contribution is 6.01. The Hall–Kier alpha value is -4.14. The summed E-state index contributed by atoms with van der Waals surface area (Å²) in [5, 5.41) is 14.4. The first kappa shape index (κ1) is 20.1. The summed E-state index contributed by atoms with van der Waals surface area (Å²) in [4.78, 5) is 29.8. The number of aromatic nitrogens is 4. The van der Waals surface area contributed by atoms with Crippen LogP contribution in [0.15, 0.2) is 69.3 Å². The van der Waals surface area contributed by atoms with Gasteiger partial charge in [-0.15, -0.1) is 0 Å². The molecule has 158 valence electrons. The SMILES string of the molecule is C/C(=N\Nc1nc2c(c(=O)n(C)c(=O)n2C)n1Cc1ccccc1)c1ccccc1O. The van der Waals surface area contributed by atoms with Gasteiger partial charge in [0.25, 0.3) is 5.56 Å². The van der Waals surface area contributed by atoms with Gasteiger partial charge in [0.15, 0.2) is 11.2 Å². The van der Waals surface area contributed by atoms with Crippen LogP contribution in [0.5, 0.6) is 5.75 Å². The number of nitrogens with zero attached hydrogens (tertiary/aromatic N) is 5. The van der Waals surface area contributed by atoms with Gasteiger partial charge in [-0.2, -0.15) is 10.1 Å². The molecule has 31 heavy (non-hydrogen) atoms. The average molecular weight is 418 g/mol. The maximum atomic E-state index is 12.9. The summed E-state index contributed by atoms with van der Waals surface area (Å²) >= 11 is 0. The molecule has 0 radical (unpaired) electrons. The number of phenols is 1. The van der Waals surface area contributed by atoms with Crippen molar-refractivity contribution >= 4 is 22.8 Å². The zero-order valence-electron chi connectivity index (χ0n) is 17.4. The lowest BCUT2D eigenvalue weighted by Gasteiger charge is -2.10. The van der Waals surface area contributed by atoms with E-state index in [0.29, 0.717) is 29.3 Å². The number of rotatable bonds is 5. The molecule has 0 bridgehead atoms. The fourth-order valence-corrected chi connectivity index (χ4v) is 3.43. The summed E-state index contributed by atoms with van der Waals surface area (Å²) < 4.78 is 4.10. The van der Waals surface area contributed by atoms with Gasteiger partial charge < -0.3 is 5.11 Å². The molecule has 9 heteroatoms. The number of anilines is 1. The second-order valence-corrected chi connectivity index (χ2v) is 7.21. The summed E-state index contributed by atoms with van der Waals surface area (Å²) in [6.45, 7) is 2.11. The van der Waals surface area contributed by atoms with Gasteiger partial charge in [-0.1, -0.05) is 42.5 Å². The lowest BCUT2D eigenvalue weighted by Crippen LogP contribution is -2.37. The maximum Gasteiger partial charge on any atom is 0.332 e. The van der Waals surface area contributed by atoms with Crippen molar-refractivity contribution in [3.63, 3.8) is 0 Å². The number of hydrazone groups is 1. The molecule has 0 amide bonds. The number of fused-ring (bicyclic) bond motifs is 1. The van der Waals surface area contributed by atoms with E-state index in [9.17, 15) is 14.7 Å². The number of nitrogens with one attached hydrogen (secondary N) is 1. The molecule has 2 heterocycles. The highest BCUT2D eigenvalue weighted by atomic mass is 16.3. The smallest absolute Gasteiger partial charge is 0.332 e. The van der Waals surface area contributed by atoms with E-state index in [0.717, 1.165) is 10.1 Å². The molecule has 2 aromatic carbocycles. The van der Waals surface area contributed by atoms with Crippen LogP contribution in [0.25, 0.3) is 11.2 Å². The lowest BCUT2D eigenvalue weighted by molar-refractivity contribution is 0.474. The molecule has 4 aromatic rings. The molecule has 0 atom stereocenters. The highest BCUT2D eigenvalue weighted by Crippen LogP contribution is 2.20. The van der Waals surface area contributed by atoms with Crippen molar-refractivity contribution in [3.05, 3.63) is 86.6 Å². The predicted molar refractivity (Wildman–Crippen MR) is 120 cm³/mol. The number of para-hydroxylation sites is 1. The number of imidazole rings is 1. The molecule has 2 aromatic heterocycles. The van der Waals surface area contributed by atoms with Crippen LogP contribution in [0.2, 0.25) is 0 Å². The van der Waals surface area contributed by atoms with Crippen LogP contribution in [0.3, 0.4) is 0 Å². The lowest BCUT2D eigenvalue weighted by atomic mass is 10.1. The third-order valence-electron chi connectivity index (χ3n) is 5.15. The van der Waals surface area contributed by atoms with E-state index in [2.05, 4.69) is 15.5 Å². The fourth-order valence-electron chi connectivity index (χ4n) is 3.43. The molecule has 0 aliphatic rings. The third kappa shape index (κ3) is 3.61. The van der Waals surface area contributed by atoms with Crippen molar-refractivity contribution in [3.8, 4) is 5.75 Å². The molecular formula is C22H22N6O3. The summed E-state index contributed by atoms with van der Waals surface area (Å²) in [5.74, 6) is 0.423. The monoisotopic (exact) mass is 418 g/mol. The number of aryl methyl sites for hydroxylation is 1. The highest BCUT2D eigenvalue weighted by Gasteiger charge is 2.19. The van der Waals surface area contributed by atoms with E-state index in [4.69, 9.17) is 0 Å². The Bertz CT molecular complexity index is 1410. The standard InChI is InChI=1S/C22H22N6O3/c1-14(16-11-7-8-12-17(16)29)24-25-21-23-19-18(20(30)27(3)22(31)26(19)2)28(21)13-15-9-5-4-6-10-15/h4-12,29H,13H2,1-3H3,(H,23,25)/b24-14+. The van der Waals surface area contributed by atoms with Crippen LogP contribution < -0.4 is 16.7 Å². The molecule has 0 unspecified atom stereocenters. The summed E-state index contributed by atoms with van der Waals surface area (Å²) in [7, 11) is 3.02. The molecule has 0 aliphatic carbocycles. The van der Waals surface area contributed by atoms with E-state index in [1.807, 2.05) is 30.3 Å². The number of phenolic OH excluding ortho intramolecular Hbond substituents is 1. The Morgan fingerprint density at radius 3 is 2.42 bits per heavy atom. The molecule has 0 fully saturated rings. The van der Waals surface area contributed by atoms with Gasteiger partial charge in [0.1, 0.15) is 5.75 Å². The second-order valence-electron chi connectivity index (χ2n) is 7.21. The normalized spacial score (nSPS) is 11.8. The van der Waals surface area contributed by atoms with Gasteiger partial charge in [0.2, 0.25) is 5.95 Å². The number of hydrogen-bond donors (Lipinski definition) is 2. The minimum absolute atomic E-state index is 0.111. The zero-order valence-corrected chi connectivity index (χ0v) is 17.4. The molecule has 9 nitrogen and oxygen atoms in total. The van der Waals surface area contributed by atoms with Crippen LogP contribution in [-0.2, 0) is 20.6 Å². The number of aromatic hydroxyl groups is 1. The van der Waals surface area contributed by atoms with Crippen LogP contribution in [0.4, 0.5) is 5.95 Å². The first-order valence-electron chi connectivity index (χ1n) is 9.67. The van der Waals surface area contributed by atoms with E-state index < -0.39 is 11.2 Å². The van der Waals surface area contributed by atoms with Gasteiger partial charge in [-0.25, -0.2) is 10.2 Å². The summed E-state index contributed by atoms with van der Waals surface area (Å²) in [6.07, 6.45) is 0. The summed E-state index contributed by atoms with van der Waals surface area (Å²) in [6, 6.07) is 16.5. The molecule has 0 spiro atoms. The van der Waals surface area contributed by atoms with E-state index in [1.165, 1.54) is 11.6 Å². The second kappa shape index (κ2) is 7.94. The van der Waals surface area contributed by atoms with Crippen molar-refractivity contribution in [2.75, 3.05) is 5.43 Å². The molecule has 0 aliphatic heterocycles. The van der Waals surface area contributed by atoms with E-state index >= 15 is 0 Å². The van der Waals surface area contributed by atoms with Crippen molar-refractivity contribution < 1.29 is 5.11 Å². The Labute approximate surface area is 177 Å². The minimum atomic E-state index is -0.456. The Morgan fingerprint density at radius 2 is 1.71 bits per heavy atom. The summed E-state index contributed by atoms with van der Waals surface area (Å²) in [5.41, 5.74) is 4.65. The zero-order chi connectivity index (χ0) is 22.1. The van der Waals surface area contributed by atoms with Gasteiger partial charge in [0, 0.05) is 19.7 Å². The van der Waals surface area contributed by atoms with Gasteiger partial charge in [-0.05, 0) is 24.6 Å². The molecule has 2 N–H and O–H groups in total. The van der Waals surface area contributed by atoms with E-state index in [-0.39, 0.29) is 11.4 Å². The largest absolute Gasteiger partial charge is 0.507 e. The van der Waals surface area contributed by atoms with Crippen molar-refractivity contribution in [2.24, 2.45) is 19.2 Å². The fraction of sp³-hybridized carbons (Fsp3) is 0.182. The van der Waals surface area contributed by atoms with Crippen LogP contribution in [-0.4, -0.2) is 29.5 Å². The van der Waals surface area contributed by atoms with Crippen LogP contribution >= 0.6 is 0 Å². The Morgan fingerprint density at radius 1 is 1.03 bits per heavy atom. The van der Waals surface area contributed by atoms with Crippen molar-refractivity contribution in [1.29, 1.82) is 0 Å². The third-order valence-corrected chi connectivity index (χ3v) is 5.15. The van der Waals surface area contributed by atoms with E-state index in [1.54, 1.807) is 42.8 Å². The Kier molecular flexibility index (Phi) is 5.16.